The van der Waals surface area contributed by atoms with Gasteiger partial charge in [-0.3, -0.25) is 14.4 Å². The third-order valence-electron chi connectivity index (χ3n) is 3.34. The number of rotatable bonds is 5. The first-order valence-corrected chi connectivity index (χ1v) is 8.00. The Kier molecular flexibility index (Phi) is 6.61. The van der Waals surface area contributed by atoms with Crippen LogP contribution in [0.1, 0.15) is 18.9 Å². The number of benzene rings is 2. The first kappa shape index (κ1) is 18.9. The highest BCUT2D eigenvalue weighted by atomic mass is 16.2. The third-order valence-corrected chi connectivity index (χ3v) is 3.34. The average molecular weight is 352 g/mol. The Morgan fingerprint density at radius 2 is 1.46 bits per heavy atom. The summed E-state index contributed by atoms with van der Waals surface area (Å²) in [5.41, 5.74) is 4.79. The number of hydrazone groups is 1. The fraction of sp³-hybridized carbons (Fsp3) is 0.158. The van der Waals surface area contributed by atoms with E-state index in [0.717, 1.165) is 5.56 Å². The predicted octanol–water partition coefficient (Wildman–Crippen LogP) is 2.45. The zero-order valence-corrected chi connectivity index (χ0v) is 14.6. The molecule has 2 aromatic carbocycles. The molecule has 0 aliphatic heterocycles. The lowest BCUT2D eigenvalue weighted by molar-refractivity contribution is -0.136. The van der Waals surface area contributed by atoms with Gasteiger partial charge in [-0.15, -0.1) is 0 Å². The predicted molar refractivity (Wildman–Crippen MR) is 101 cm³/mol. The maximum absolute atomic E-state index is 11.9. The molecule has 0 unspecified atom stereocenters. The minimum atomic E-state index is -0.910. The van der Waals surface area contributed by atoms with Crippen LogP contribution in [-0.2, 0) is 14.4 Å². The molecule has 2 aromatic rings. The van der Waals surface area contributed by atoms with E-state index in [2.05, 4.69) is 21.2 Å². The molecular weight excluding hydrogens is 332 g/mol. The van der Waals surface area contributed by atoms with Gasteiger partial charge in [0.25, 0.3) is 0 Å². The van der Waals surface area contributed by atoms with Gasteiger partial charge in [-0.1, -0.05) is 35.9 Å². The average Bonchev–Trinajstić information content (AvgIpc) is 2.62. The van der Waals surface area contributed by atoms with Crippen molar-refractivity contribution in [3.63, 3.8) is 0 Å². The van der Waals surface area contributed by atoms with Gasteiger partial charge in [0, 0.05) is 17.1 Å². The topological polar surface area (TPSA) is 99.7 Å². The minimum Gasteiger partial charge on any atom is -0.326 e. The lowest BCUT2D eigenvalue weighted by atomic mass is 10.2. The Morgan fingerprint density at radius 3 is 2.12 bits per heavy atom. The summed E-state index contributed by atoms with van der Waals surface area (Å²) in [7, 11) is 0. The van der Waals surface area contributed by atoms with Gasteiger partial charge in [0.2, 0.25) is 5.91 Å². The van der Waals surface area contributed by atoms with Crippen molar-refractivity contribution in [2.45, 2.75) is 20.3 Å². The number of anilines is 2. The van der Waals surface area contributed by atoms with E-state index in [9.17, 15) is 14.4 Å². The highest BCUT2D eigenvalue weighted by Gasteiger charge is 2.13. The molecule has 0 spiro atoms. The second-order valence-corrected chi connectivity index (χ2v) is 5.70. The second kappa shape index (κ2) is 9.12. The van der Waals surface area contributed by atoms with Crippen LogP contribution in [-0.4, -0.2) is 23.4 Å². The van der Waals surface area contributed by atoms with Gasteiger partial charge in [-0.2, -0.15) is 5.10 Å². The summed E-state index contributed by atoms with van der Waals surface area (Å²) in [5.74, 6) is -2.01. The van der Waals surface area contributed by atoms with Gasteiger partial charge >= 0.3 is 11.8 Å². The van der Waals surface area contributed by atoms with Crippen LogP contribution in [0.15, 0.2) is 59.7 Å². The molecule has 0 heterocycles. The molecule has 26 heavy (non-hydrogen) atoms. The Hall–Kier alpha value is -3.48. The molecule has 134 valence electrons. The lowest BCUT2D eigenvalue weighted by Crippen LogP contribution is -2.33. The van der Waals surface area contributed by atoms with Gasteiger partial charge in [0.15, 0.2) is 0 Å². The van der Waals surface area contributed by atoms with E-state index in [1.807, 2.05) is 19.1 Å². The smallest absolute Gasteiger partial charge is 0.326 e. The number of hydrogen-bond acceptors (Lipinski definition) is 4. The molecular formula is C19H20N4O3. The molecule has 0 fully saturated rings. The number of carbonyl (C=O) groups excluding carboxylic acids is 3. The molecule has 0 saturated heterocycles. The molecule has 0 aliphatic rings. The van der Waals surface area contributed by atoms with E-state index in [0.29, 0.717) is 17.1 Å². The van der Waals surface area contributed by atoms with E-state index in [1.165, 1.54) is 0 Å². The summed E-state index contributed by atoms with van der Waals surface area (Å²) < 4.78 is 0. The molecule has 3 N–H and O–H groups in total. The summed E-state index contributed by atoms with van der Waals surface area (Å²) in [5, 5.41) is 8.95. The number of amides is 3. The van der Waals surface area contributed by atoms with Crippen LogP contribution in [0.25, 0.3) is 0 Å². The quantitative estimate of drug-likeness (QED) is 0.438. The molecule has 0 radical (unpaired) electrons. The normalized spacial score (nSPS) is 10.8. The van der Waals surface area contributed by atoms with Crippen LogP contribution in [0, 0.1) is 6.92 Å². The molecule has 2 rings (SSSR count). The van der Waals surface area contributed by atoms with Gasteiger partial charge in [-0.25, -0.2) is 5.43 Å². The van der Waals surface area contributed by atoms with Gasteiger partial charge in [0.05, 0.1) is 6.42 Å². The van der Waals surface area contributed by atoms with Crippen molar-refractivity contribution >= 4 is 34.8 Å². The van der Waals surface area contributed by atoms with Gasteiger partial charge in [-0.05, 0) is 38.1 Å². The Labute approximate surface area is 151 Å². The maximum Gasteiger partial charge on any atom is 0.329 e. The molecule has 0 aromatic heterocycles. The van der Waals surface area contributed by atoms with E-state index in [4.69, 9.17) is 0 Å². The molecule has 7 nitrogen and oxygen atoms in total. The molecule has 7 heteroatoms. The summed E-state index contributed by atoms with van der Waals surface area (Å²) in [6.45, 7) is 3.54. The van der Waals surface area contributed by atoms with E-state index >= 15 is 0 Å². The number of aryl methyl sites for hydroxylation is 1. The summed E-state index contributed by atoms with van der Waals surface area (Å²) in [6.07, 6.45) is -0.00550. The van der Waals surface area contributed by atoms with E-state index in [-0.39, 0.29) is 12.3 Å². The zero-order valence-electron chi connectivity index (χ0n) is 14.6. The Balaban J connectivity index is 1.81. The number of para-hydroxylation sites is 1. The van der Waals surface area contributed by atoms with Crippen molar-refractivity contribution in [2.24, 2.45) is 5.10 Å². The van der Waals surface area contributed by atoms with Crippen molar-refractivity contribution in [3.05, 3.63) is 60.2 Å². The lowest BCUT2D eigenvalue weighted by Gasteiger charge is -2.06. The Morgan fingerprint density at radius 1 is 0.846 bits per heavy atom. The standard InChI is InChI=1S/C19H20N4O3/c1-13-8-10-16(11-9-13)20-17(24)12-14(2)22-23-19(26)18(25)21-15-6-4-3-5-7-15/h3-11H,12H2,1-2H3,(H,20,24)(H,21,25)(H,23,26). The summed E-state index contributed by atoms with van der Waals surface area (Å²) >= 11 is 0. The van der Waals surface area contributed by atoms with Crippen molar-refractivity contribution in [3.8, 4) is 0 Å². The first-order chi connectivity index (χ1) is 12.4. The maximum atomic E-state index is 11.9. The summed E-state index contributed by atoms with van der Waals surface area (Å²) in [4.78, 5) is 35.4. The fourth-order valence-corrected chi connectivity index (χ4v) is 2.02. The minimum absolute atomic E-state index is 0.00550. The first-order valence-electron chi connectivity index (χ1n) is 8.00. The van der Waals surface area contributed by atoms with Crippen LogP contribution in [0.5, 0.6) is 0 Å². The largest absolute Gasteiger partial charge is 0.329 e. The van der Waals surface area contributed by atoms with E-state index in [1.54, 1.807) is 49.4 Å². The van der Waals surface area contributed by atoms with Crippen molar-refractivity contribution in [1.29, 1.82) is 0 Å². The second-order valence-electron chi connectivity index (χ2n) is 5.70. The van der Waals surface area contributed by atoms with Crippen LogP contribution in [0.3, 0.4) is 0 Å². The molecule has 0 atom stereocenters. The Bertz CT molecular complexity index is 814. The van der Waals surface area contributed by atoms with Crippen molar-refractivity contribution in [1.82, 2.24) is 5.43 Å². The van der Waals surface area contributed by atoms with Crippen LogP contribution in [0.4, 0.5) is 11.4 Å². The zero-order chi connectivity index (χ0) is 18.9. The van der Waals surface area contributed by atoms with Crippen molar-refractivity contribution in [2.75, 3.05) is 10.6 Å². The SMILES string of the molecule is CC(CC(=O)Nc1ccc(C)cc1)=NNC(=O)C(=O)Nc1ccccc1. The van der Waals surface area contributed by atoms with Crippen LogP contribution >= 0.6 is 0 Å². The van der Waals surface area contributed by atoms with Crippen LogP contribution in [0.2, 0.25) is 0 Å². The number of hydrogen-bond donors (Lipinski definition) is 3. The molecule has 3 amide bonds. The molecule has 0 saturated carbocycles. The number of carbonyl (C=O) groups is 3. The fourth-order valence-electron chi connectivity index (χ4n) is 2.02. The van der Waals surface area contributed by atoms with Gasteiger partial charge in [0.1, 0.15) is 0 Å². The highest BCUT2D eigenvalue weighted by molar-refractivity contribution is 6.39. The number of nitrogens with one attached hydrogen (secondary N) is 3. The van der Waals surface area contributed by atoms with E-state index < -0.39 is 11.8 Å². The van der Waals surface area contributed by atoms with Crippen molar-refractivity contribution < 1.29 is 14.4 Å². The highest BCUT2D eigenvalue weighted by Crippen LogP contribution is 2.09. The third kappa shape index (κ3) is 6.20. The molecule has 0 aliphatic carbocycles. The monoisotopic (exact) mass is 352 g/mol. The van der Waals surface area contributed by atoms with Gasteiger partial charge < -0.3 is 10.6 Å². The molecule has 0 bridgehead atoms. The van der Waals surface area contributed by atoms with Crippen LogP contribution < -0.4 is 16.1 Å². The summed E-state index contributed by atoms with van der Waals surface area (Å²) in [6, 6.07) is 16.0. The number of nitrogens with zero attached hydrogens (tertiary/aromatic N) is 1.